The van der Waals surface area contributed by atoms with Crippen molar-refractivity contribution in [2.75, 3.05) is 26.8 Å². The van der Waals surface area contributed by atoms with Crippen molar-refractivity contribution in [1.82, 2.24) is 5.32 Å². The average molecular weight is 218 g/mol. The molecule has 0 rings (SSSR count). The van der Waals surface area contributed by atoms with Gasteiger partial charge >= 0.3 is 0 Å². The molecule has 0 saturated carbocycles. The number of carbonyl (C=O) groups is 1. The van der Waals surface area contributed by atoms with Crippen molar-refractivity contribution in [3.8, 4) is 0 Å². The van der Waals surface area contributed by atoms with Crippen LogP contribution in [0.15, 0.2) is 0 Å². The summed E-state index contributed by atoms with van der Waals surface area (Å²) in [6.45, 7) is 3.06. The number of carbonyl (C=O) groups excluding carboxylic acids is 1. The monoisotopic (exact) mass is 218 g/mol. The first-order valence-electron chi connectivity index (χ1n) is 5.24. The SMILES string of the molecule is COC(CN)CC(=O)NCC(C)CCO. The molecule has 2 unspecified atom stereocenters. The summed E-state index contributed by atoms with van der Waals surface area (Å²) in [5.41, 5.74) is 5.40. The Balaban J connectivity index is 3.64. The summed E-state index contributed by atoms with van der Waals surface area (Å²) in [6.07, 6.45) is 0.780. The van der Waals surface area contributed by atoms with E-state index < -0.39 is 0 Å². The predicted molar refractivity (Wildman–Crippen MR) is 58.3 cm³/mol. The Morgan fingerprint density at radius 3 is 2.73 bits per heavy atom. The summed E-state index contributed by atoms with van der Waals surface area (Å²) in [5.74, 6) is 0.231. The second-order valence-corrected chi connectivity index (χ2v) is 3.72. The van der Waals surface area contributed by atoms with Crippen LogP contribution < -0.4 is 11.1 Å². The molecule has 0 aromatic heterocycles. The lowest BCUT2D eigenvalue weighted by molar-refractivity contribution is -0.123. The van der Waals surface area contributed by atoms with Crippen LogP contribution in [0.1, 0.15) is 19.8 Å². The highest BCUT2D eigenvalue weighted by Crippen LogP contribution is 1.99. The van der Waals surface area contributed by atoms with Crippen molar-refractivity contribution in [3.63, 3.8) is 0 Å². The molecule has 4 N–H and O–H groups in total. The normalized spacial score (nSPS) is 14.7. The van der Waals surface area contributed by atoms with Crippen LogP contribution in [-0.4, -0.2) is 43.9 Å². The van der Waals surface area contributed by atoms with Gasteiger partial charge in [0.15, 0.2) is 0 Å². The second-order valence-electron chi connectivity index (χ2n) is 3.72. The minimum Gasteiger partial charge on any atom is -0.396 e. The third kappa shape index (κ3) is 7.30. The standard InChI is InChI=1S/C10H22N2O3/c1-8(3-4-13)7-12-10(14)5-9(6-11)15-2/h8-9,13H,3-7,11H2,1-2H3,(H,12,14). The zero-order chi connectivity index (χ0) is 11.7. The van der Waals surface area contributed by atoms with Gasteiger partial charge in [-0.2, -0.15) is 0 Å². The van der Waals surface area contributed by atoms with Gasteiger partial charge in [-0.05, 0) is 12.3 Å². The van der Waals surface area contributed by atoms with Gasteiger partial charge in [-0.25, -0.2) is 0 Å². The first-order chi connectivity index (χ1) is 7.13. The summed E-state index contributed by atoms with van der Waals surface area (Å²) in [7, 11) is 1.54. The van der Waals surface area contributed by atoms with Crippen molar-refractivity contribution in [2.24, 2.45) is 11.7 Å². The summed E-state index contributed by atoms with van der Waals surface area (Å²) in [5, 5.41) is 11.5. The molecule has 0 aromatic carbocycles. The average Bonchev–Trinajstić information content (AvgIpc) is 2.23. The molecular formula is C10H22N2O3. The molecule has 0 bridgehead atoms. The van der Waals surface area contributed by atoms with Crippen LogP contribution in [0.3, 0.4) is 0 Å². The van der Waals surface area contributed by atoms with Crippen LogP contribution >= 0.6 is 0 Å². The zero-order valence-electron chi connectivity index (χ0n) is 9.53. The third-order valence-electron chi connectivity index (χ3n) is 2.28. The number of nitrogens with one attached hydrogen (secondary N) is 1. The number of methoxy groups -OCH3 is 1. The summed E-state index contributed by atoms with van der Waals surface area (Å²) in [4.78, 5) is 11.4. The Labute approximate surface area is 91.0 Å². The lowest BCUT2D eigenvalue weighted by Gasteiger charge is -2.14. The fourth-order valence-corrected chi connectivity index (χ4v) is 1.15. The Bertz CT molecular complexity index is 172. The Hall–Kier alpha value is -0.650. The Kier molecular flexibility index (Phi) is 8.27. The van der Waals surface area contributed by atoms with E-state index >= 15 is 0 Å². The Morgan fingerprint density at radius 1 is 1.60 bits per heavy atom. The van der Waals surface area contributed by atoms with Gasteiger partial charge in [-0.1, -0.05) is 6.92 Å². The van der Waals surface area contributed by atoms with Gasteiger partial charge < -0.3 is 20.9 Å². The van der Waals surface area contributed by atoms with Crippen molar-refractivity contribution in [3.05, 3.63) is 0 Å². The molecule has 0 aliphatic heterocycles. The van der Waals surface area contributed by atoms with Gasteiger partial charge in [0.2, 0.25) is 5.91 Å². The second kappa shape index (κ2) is 8.64. The quantitative estimate of drug-likeness (QED) is 0.512. The van der Waals surface area contributed by atoms with Crippen molar-refractivity contribution < 1.29 is 14.6 Å². The van der Waals surface area contributed by atoms with Gasteiger partial charge in [-0.15, -0.1) is 0 Å². The molecule has 0 aliphatic rings. The van der Waals surface area contributed by atoms with E-state index in [1.54, 1.807) is 7.11 Å². The first-order valence-corrected chi connectivity index (χ1v) is 5.24. The number of amides is 1. The van der Waals surface area contributed by atoms with Gasteiger partial charge in [0, 0.05) is 26.8 Å². The number of aliphatic hydroxyl groups excluding tert-OH is 1. The van der Waals surface area contributed by atoms with E-state index in [0.717, 1.165) is 0 Å². The number of hydrogen-bond donors (Lipinski definition) is 3. The maximum atomic E-state index is 11.4. The van der Waals surface area contributed by atoms with Gasteiger partial charge in [0.25, 0.3) is 0 Å². The number of rotatable bonds is 8. The molecule has 1 amide bonds. The van der Waals surface area contributed by atoms with Crippen LogP contribution in [0.4, 0.5) is 0 Å². The molecule has 0 heterocycles. The molecule has 0 fully saturated rings. The van der Waals surface area contributed by atoms with E-state index in [1.165, 1.54) is 0 Å². The van der Waals surface area contributed by atoms with E-state index in [0.29, 0.717) is 25.9 Å². The van der Waals surface area contributed by atoms with Crippen molar-refractivity contribution >= 4 is 5.91 Å². The van der Waals surface area contributed by atoms with Crippen LogP contribution in [0, 0.1) is 5.92 Å². The number of hydrogen-bond acceptors (Lipinski definition) is 4. The van der Waals surface area contributed by atoms with Crippen LogP contribution in [0.25, 0.3) is 0 Å². The fourth-order valence-electron chi connectivity index (χ4n) is 1.15. The van der Waals surface area contributed by atoms with Crippen molar-refractivity contribution in [1.29, 1.82) is 0 Å². The lowest BCUT2D eigenvalue weighted by atomic mass is 10.1. The van der Waals surface area contributed by atoms with Crippen LogP contribution in [0.5, 0.6) is 0 Å². The molecule has 15 heavy (non-hydrogen) atoms. The molecule has 0 saturated heterocycles. The highest BCUT2D eigenvalue weighted by atomic mass is 16.5. The van der Waals surface area contributed by atoms with Crippen LogP contribution in [0.2, 0.25) is 0 Å². The maximum Gasteiger partial charge on any atom is 0.222 e. The largest absolute Gasteiger partial charge is 0.396 e. The summed E-state index contributed by atoms with van der Waals surface area (Å²) < 4.78 is 5.00. The Morgan fingerprint density at radius 2 is 2.27 bits per heavy atom. The van der Waals surface area contributed by atoms with Gasteiger partial charge in [-0.3, -0.25) is 4.79 Å². The minimum atomic E-state index is -0.210. The van der Waals surface area contributed by atoms with E-state index in [2.05, 4.69) is 5.32 Å². The number of ether oxygens (including phenoxy) is 1. The molecule has 0 spiro atoms. The fraction of sp³-hybridized carbons (Fsp3) is 0.900. The number of aliphatic hydroxyl groups is 1. The highest BCUT2D eigenvalue weighted by molar-refractivity contribution is 5.76. The molecule has 0 radical (unpaired) electrons. The molecule has 0 aliphatic carbocycles. The molecule has 5 heteroatoms. The summed E-state index contributed by atoms with van der Waals surface area (Å²) >= 11 is 0. The topological polar surface area (TPSA) is 84.6 Å². The van der Waals surface area contributed by atoms with E-state index in [9.17, 15) is 4.79 Å². The maximum absolute atomic E-state index is 11.4. The zero-order valence-corrected chi connectivity index (χ0v) is 9.53. The third-order valence-corrected chi connectivity index (χ3v) is 2.28. The van der Waals surface area contributed by atoms with Gasteiger partial charge in [0.05, 0.1) is 12.5 Å². The molecular weight excluding hydrogens is 196 g/mol. The molecule has 2 atom stereocenters. The van der Waals surface area contributed by atoms with E-state index in [1.807, 2.05) is 6.92 Å². The summed E-state index contributed by atoms with van der Waals surface area (Å²) in [6, 6.07) is 0. The van der Waals surface area contributed by atoms with E-state index in [-0.39, 0.29) is 24.5 Å². The number of nitrogens with two attached hydrogens (primary N) is 1. The molecule has 5 nitrogen and oxygen atoms in total. The van der Waals surface area contributed by atoms with Crippen LogP contribution in [-0.2, 0) is 9.53 Å². The molecule has 0 aromatic rings. The van der Waals surface area contributed by atoms with Gasteiger partial charge in [0.1, 0.15) is 0 Å². The van der Waals surface area contributed by atoms with E-state index in [4.69, 9.17) is 15.6 Å². The smallest absolute Gasteiger partial charge is 0.222 e. The predicted octanol–water partition coefficient (Wildman–Crippen LogP) is -0.515. The minimum absolute atomic E-state index is 0.0583. The molecule has 90 valence electrons. The first kappa shape index (κ1) is 14.3. The lowest BCUT2D eigenvalue weighted by Crippen LogP contribution is -2.34. The highest BCUT2D eigenvalue weighted by Gasteiger charge is 2.11. The van der Waals surface area contributed by atoms with Crippen molar-refractivity contribution in [2.45, 2.75) is 25.9 Å².